The van der Waals surface area contributed by atoms with E-state index in [4.69, 9.17) is 13.8 Å². The smallest absolute Gasteiger partial charge is 0.335 e. The van der Waals surface area contributed by atoms with Crippen molar-refractivity contribution in [2.75, 3.05) is 5.32 Å². The molecule has 0 fully saturated rings. The van der Waals surface area contributed by atoms with Crippen molar-refractivity contribution in [2.24, 2.45) is 0 Å². The Balaban J connectivity index is 1.48. The molecule has 4 rings (SSSR count). The first-order valence-electron chi connectivity index (χ1n) is 11.3. The fourth-order valence-electron chi connectivity index (χ4n) is 3.76. The van der Waals surface area contributed by atoms with E-state index < -0.39 is 7.60 Å². The fraction of sp³-hybridized carbons (Fsp3) is 0.360. The molecule has 34 heavy (non-hydrogen) atoms. The molecule has 0 spiro atoms. The van der Waals surface area contributed by atoms with Crippen LogP contribution in [0.4, 0.5) is 5.13 Å². The second kappa shape index (κ2) is 10.0. The molecule has 1 amide bonds. The van der Waals surface area contributed by atoms with E-state index in [2.05, 4.69) is 10.3 Å². The summed E-state index contributed by atoms with van der Waals surface area (Å²) in [6.07, 6.45) is -0.441. The number of ether oxygens (including phenoxy) is 1. The highest BCUT2D eigenvalue weighted by atomic mass is 32.1. The minimum atomic E-state index is -3.30. The topological polar surface area (TPSA) is 86.8 Å². The molecule has 0 saturated heterocycles. The van der Waals surface area contributed by atoms with Gasteiger partial charge >= 0.3 is 7.60 Å². The van der Waals surface area contributed by atoms with Crippen LogP contribution in [0.5, 0.6) is 5.75 Å². The molecule has 1 N–H and O–H groups in total. The molecule has 1 unspecified atom stereocenters. The second-order valence-corrected chi connectivity index (χ2v) is 11.7. The summed E-state index contributed by atoms with van der Waals surface area (Å²) in [6.45, 7) is 9.27. The SMILES string of the molecule is CC(C)OP(=O)(Cc1ccc(C(=O)Nc2nc3c(s2)C(C)Oc2ccccc2-3)cc1)OC(C)C. The van der Waals surface area contributed by atoms with E-state index in [0.717, 1.165) is 27.4 Å². The average Bonchev–Trinajstić information content (AvgIpc) is 3.17. The Kier molecular flexibility index (Phi) is 7.24. The summed E-state index contributed by atoms with van der Waals surface area (Å²) in [7, 11) is -3.30. The van der Waals surface area contributed by atoms with Crippen LogP contribution in [0.3, 0.4) is 0 Å². The number of nitrogens with one attached hydrogen (secondary N) is 1. The van der Waals surface area contributed by atoms with Crippen molar-refractivity contribution in [3.8, 4) is 17.0 Å². The molecular weight excluding hydrogens is 471 g/mol. The third kappa shape index (κ3) is 5.58. The van der Waals surface area contributed by atoms with Gasteiger partial charge < -0.3 is 13.8 Å². The van der Waals surface area contributed by atoms with E-state index in [1.165, 1.54) is 11.3 Å². The highest BCUT2D eigenvalue weighted by Crippen LogP contribution is 2.53. The van der Waals surface area contributed by atoms with Gasteiger partial charge in [-0.25, -0.2) is 4.98 Å². The Hall–Kier alpha value is -2.51. The van der Waals surface area contributed by atoms with Crippen LogP contribution in [0.1, 0.15) is 61.5 Å². The summed E-state index contributed by atoms with van der Waals surface area (Å²) in [5, 5.41) is 3.42. The third-order valence-corrected chi connectivity index (χ3v) is 8.39. The number of anilines is 1. The zero-order chi connectivity index (χ0) is 24.5. The van der Waals surface area contributed by atoms with Gasteiger partial charge in [0.25, 0.3) is 5.91 Å². The summed E-state index contributed by atoms with van der Waals surface area (Å²) < 4.78 is 30.3. The molecule has 2 aromatic carbocycles. The number of fused-ring (bicyclic) bond motifs is 3. The molecule has 0 saturated carbocycles. The van der Waals surface area contributed by atoms with E-state index >= 15 is 0 Å². The minimum Gasteiger partial charge on any atom is -0.484 e. The van der Waals surface area contributed by atoms with Gasteiger partial charge in [0, 0.05) is 11.1 Å². The molecular formula is C25H29N2O5PS. The van der Waals surface area contributed by atoms with Crippen molar-refractivity contribution in [1.29, 1.82) is 0 Å². The van der Waals surface area contributed by atoms with Gasteiger partial charge in [-0.05, 0) is 64.4 Å². The van der Waals surface area contributed by atoms with Crippen LogP contribution in [0.2, 0.25) is 0 Å². The number of carbonyl (C=O) groups is 1. The van der Waals surface area contributed by atoms with Crippen LogP contribution in [0, 0.1) is 0 Å². The lowest BCUT2D eigenvalue weighted by atomic mass is 10.1. The van der Waals surface area contributed by atoms with Crippen LogP contribution in [0.25, 0.3) is 11.3 Å². The van der Waals surface area contributed by atoms with Gasteiger partial charge in [0.2, 0.25) is 0 Å². The summed E-state index contributed by atoms with van der Waals surface area (Å²) in [5.74, 6) is 0.529. The molecule has 1 atom stereocenters. The van der Waals surface area contributed by atoms with Crippen LogP contribution >= 0.6 is 18.9 Å². The predicted molar refractivity (Wildman–Crippen MR) is 135 cm³/mol. The van der Waals surface area contributed by atoms with Gasteiger partial charge in [-0.1, -0.05) is 35.6 Å². The molecule has 0 radical (unpaired) electrons. The maximum atomic E-state index is 13.1. The Morgan fingerprint density at radius 1 is 1.09 bits per heavy atom. The third-order valence-electron chi connectivity index (χ3n) is 5.02. The van der Waals surface area contributed by atoms with Gasteiger partial charge in [-0.2, -0.15) is 0 Å². The van der Waals surface area contributed by atoms with Crippen LogP contribution in [0.15, 0.2) is 48.5 Å². The number of amides is 1. The first kappa shape index (κ1) is 24.6. The van der Waals surface area contributed by atoms with E-state index in [9.17, 15) is 9.36 Å². The molecule has 9 heteroatoms. The van der Waals surface area contributed by atoms with Gasteiger partial charge in [0.1, 0.15) is 11.9 Å². The molecule has 0 bridgehead atoms. The molecule has 2 heterocycles. The predicted octanol–water partition coefficient (Wildman–Crippen LogP) is 7.06. The number of para-hydroxylation sites is 1. The standard InChI is InChI=1S/C25H29N2O5PS/c1-15(2)31-33(29,32-16(3)4)14-18-10-12-19(13-11-18)24(28)27-25-26-22-20-8-6-7-9-21(20)30-17(5)23(22)34-25/h6-13,15-17H,14H2,1-5H3,(H,26,27,28). The lowest BCUT2D eigenvalue weighted by Crippen LogP contribution is -2.12. The molecule has 7 nitrogen and oxygen atoms in total. The minimum absolute atomic E-state index is 0.135. The number of nitrogens with zero attached hydrogens (tertiary/aromatic N) is 1. The summed E-state index contributed by atoms with van der Waals surface area (Å²) in [6, 6.07) is 14.7. The van der Waals surface area contributed by atoms with Crippen LogP contribution in [-0.2, 0) is 19.8 Å². The highest BCUT2D eigenvalue weighted by Gasteiger charge is 2.29. The number of hydrogen-bond donors (Lipinski definition) is 1. The quantitative estimate of drug-likeness (QED) is 0.333. The Labute approximate surface area is 204 Å². The molecule has 180 valence electrons. The number of rotatable bonds is 8. The van der Waals surface area contributed by atoms with E-state index in [0.29, 0.717) is 10.7 Å². The van der Waals surface area contributed by atoms with Crippen molar-refractivity contribution in [1.82, 2.24) is 4.98 Å². The maximum Gasteiger partial charge on any atom is 0.335 e. The first-order valence-corrected chi connectivity index (χ1v) is 13.8. The first-order chi connectivity index (χ1) is 16.1. The van der Waals surface area contributed by atoms with E-state index in [-0.39, 0.29) is 30.4 Å². The van der Waals surface area contributed by atoms with E-state index in [1.54, 1.807) is 24.3 Å². The largest absolute Gasteiger partial charge is 0.484 e. The van der Waals surface area contributed by atoms with Crippen molar-refractivity contribution in [3.05, 3.63) is 64.5 Å². The molecule has 3 aromatic rings. The number of aromatic nitrogens is 1. The summed E-state index contributed by atoms with van der Waals surface area (Å²) in [5.41, 5.74) is 3.02. The zero-order valence-corrected chi connectivity index (χ0v) is 21.6. The molecule has 0 aliphatic carbocycles. The number of thiazole rings is 1. The number of benzene rings is 2. The Bertz CT molecular complexity index is 1210. The monoisotopic (exact) mass is 500 g/mol. The van der Waals surface area contributed by atoms with Crippen molar-refractivity contribution < 1.29 is 23.1 Å². The van der Waals surface area contributed by atoms with Gasteiger partial charge in [0.05, 0.1) is 28.9 Å². The van der Waals surface area contributed by atoms with Crippen molar-refractivity contribution in [2.45, 2.75) is 59.1 Å². The summed E-state index contributed by atoms with van der Waals surface area (Å²) >= 11 is 1.41. The zero-order valence-electron chi connectivity index (χ0n) is 19.9. The van der Waals surface area contributed by atoms with Crippen molar-refractivity contribution in [3.63, 3.8) is 0 Å². The van der Waals surface area contributed by atoms with E-state index in [1.807, 2.05) is 58.9 Å². The molecule has 1 aliphatic rings. The Morgan fingerprint density at radius 3 is 2.38 bits per heavy atom. The lowest BCUT2D eigenvalue weighted by molar-refractivity contribution is 0.102. The molecule has 1 aromatic heterocycles. The van der Waals surface area contributed by atoms with Gasteiger partial charge in [-0.15, -0.1) is 0 Å². The maximum absolute atomic E-state index is 13.1. The number of hydrogen-bond acceptors (Lipinski definition) is 7. The normalized spacial score (nSPS) is 15.1. The van der Waals surface area contributed by atoms with Gasteiger partial charge in [-0.3, -0.25) is 14.7 Å². The summed E-state index contributed by atoms with van der Waals surface area (Å²) in [4.78, 5) is 18.5. The van der Waals surface area contributed by atoms with Crippen LogP contribution < -0.4 is 10.1 Å². The highest BCUT2D eigenvalue weighted by molar-refractivity contribution is 7.53. The van der Waals surface area contributed by atoms with Crippen LogP contribution in [-0.4, -0.2) is 23.1 Å². The second-order valence-electron chi connectivity index (χ2n) is 8.72. The lowest BCUT2D eigenvalue weighted by Gasteiger charge is -2.22. The fourth-order valence-corrected chi connectivity index (χ4v) is 6.86. The van der Waals surface area contributed by atoms with Crippen molar-refractivity contribution >= 4 is 30.0 Å². The van der Waals surface area contributed by atoms with Gasteiger partial charge in [0.15, 0.2) is 5.13 Å². The number of carbonyl (C=O) groups excluding carboxylic acids is 1. The average molecular weight is 501 g/mol. The Morgan fingerprint density at radius 2 is 1.74 bits per heavy atom. The molecule has 1 aliphatic heterocycles.